The number of aliphatic hydroxyl groups is 1. The van der Waals surface area contributed by atoms with Crippen molar-refractivity contribution in [3.63, 3.8) is 0 Å². The number of nitrogens with zero attached hydrogens (tertiary/aromatic N) is 3. The number of carbonyl (C=O) groups is 10. The van der Waals surface area contributed by atoms with Gasteiger partial charge in [0, 0.05) is 26.7 Å². The zero-order valence-electron chi connectivity index (χ0n) is 42.3. The summed E-state index contributed by atoms with van der Waals surface area (Å²) in [6.45, 7) is 11.9. The predicted octanol–water partition coefficient (Wildman–Crippen LogP) is -3.71. The van der Waals surface area contributed by atoms with Crippen molar-refractivity contribution in [2.45, 2.75) is 161 Å². The highest BCUT2D eigenvalue weighted by atomic mass is 16.3. The minimum atomic E-state index is -1.63. The number of nitrogens with one attached hydrogen (secondary N) is 8. The lowest BCUT2D eigenvalue weighted by Crippen LogP contribution is -2.62. The van der Waals surface area contributed by atoms with E-state index >= 15 is 0 Å². The average Bonchev–Trinajstić information content (AvgIpc) is 3.81. The fourth-order valence-electron chi connectivity index (χ4n) is 7.53. The molecule has 9 atom stereocenters. The van der Waals surface area contributed by atoms with Gasteiger partial charge in [0.05, 0.1) is 19.2 Å². The number of nitrogens with two attached hydrogens (primary N) is 3. The van der Waals surface area contributed by atoms with Gasteiger partial charge >= 0.3 is 0 Å². The molecule has 1 fully saturated rings. The number of amides is 10. The Morgan fingerprint density at radius 2 is 1.30 bits per heavy atom. The highest BCUT2D eigenvalue weighted by Gasteiger charge is 2.39. The van der Waals surface area contributed by atoms with Gasteiger partial charge in [0.15, 0.2) is 5.96 Å². The second-order valence-electron chi connectivity index (χ2n) is 18.0. The van der Waals surface area contributed by atoms with E-state index in [4.69, 9.17) is 17.2 Å². The van der Waals surface area contributed by atoms with Crippen LogP contribution in [0.2, 0.25) is 0 Å². The van der Waals surface area contributed by atoms with Gasteiger partial charge in [0.1, 0.15) is 42.3 Å². The standard InChI is InChI=1S/C45H82N14O11/c1-9-16-29(38(64)52-30(17-12-13-20-46)39(65)54-31(18-14-21-50-45(47)48)44(70)59-22-15-19-32(59)40(66)49-11-3)53-43(69)37(28(7)61)57-42(68)36(27(6)10-2)56-41(67)35(26(4)5)55-33(62)23-51-34(63)24-58(8)25-60/h25-32,35-37,61H,9-24,46H2,1-8H3,(H,49,66)(H,51,63)(H,52,64)(H,53,69)(H,54,65)(H,55,62)(H,56,67)(H,57,68)(H4,47,48,50). The molecule has 0 bridgehead atoms. The molecule has 25 heteroatoms. The molecular weight excluding hydrogens is 913 g/mol. The molecule has 0 aromatic carbocycles. The summed E-state index contributed by atoms with van der Waals surface area (Å²) in [5, 5.41) is 31.7. The number of guanidine groups is 1. The van der Waals surface area contributed by atoms with E-state index in [1.54, 1.807) is 41.5 Å². The number of aliphatic imine (C=N–C) groups is 1. The maximum absolute atomic E-state index is 14.1. The summed E-state index contributed by atoms with van der Waals surface area (Å²) < 4.78 is 0. The molecule has 0 radical (unpaired) electrons. The normalized spacial score (nSPS) is 16.6. The maximum atomic E-state index is 14.1. The average molecular weight is 995 g/mol. The van der Waals surface area contributed by atoms with E-state index in [9.17, 15) is 53.1 Å². The van der Waals surface area contributed by atoms with Crippen molar-refractivity contribution >= 4 is 65.5 Å². The first-order valence-corrected chi connectivity index (χ1v) is 24.3. The van der Waals surface area contributed by atoms with E-state index < -0.39 is 114 Å². The van der Waals surface area contributed by atoms with Gasteiger partial charge in [-0.3, -0.25) is 52.9 Å². The van der Waals surface area contributed by atoms with Crippen molar-refractivity contribution in [1.82, 2.24) is 52.3 Å². The molecule has 10 amide bonds. The third-order valence-electron chi connectivity index (χ3n) is 11.7. The fraction of sp³-hybridized carbons (Fsp3) is 0.756. The van der Waals surface area contributed by atoms with Crippen LogP contribution >= 0.6 is 0 Å². The minimum absolute atomic E-state index is 0.0740. The Morgan fingerprint density at radius 1 is 0.729 bits per heavy atom. The third kappa shape index (κ3) is 21.7. The van der Waals surface area contributed by atoms with Crippen molar-refractivity contribution < 1.29 is 53.1 Å². The van der Waals surface area contributed by atoms with E-state index in [-0.39, 0.29) is 50.6 Å². The summed E-state index contributed by atoms with van der Waals surface area (Å²) in [5.41, 5.74) is 16.7. The number of likely N-dealkylation sites (N-methyl/N-ethyl adjacent to an activating group) is 2. The third-order valence-corrected chi connectivity index (χ3v) is 11.7. The van der Waals surface area contributed by atoms with Crippen LogP contribution in [-0.4, -0.2) is 175 Å². The SMILES string of the molecule is CCCC(NC(=O)C(NC(=O)C(NC(=O)C(NC(=O)CNC(=O)CN(C)C=O)C(C)C)C(C)CC)C(C)O)C(=O)NC(CCCCN)C(=O)NC(CCCN=C(N)N)C(=O)N1CCCC1C(=O)NCC. The van der Waals surface area contributed by atoms with E-state index in [1.165, 1.54) is 18.9 Å². The van der Waals surface area contributed by atoms with Gasteiger partial charge in [0.25, 0.3) is 0 Å². The maximum Gasteiger partial charge on any atom is 0.245 e. The highest BCUT2D eigenvalue weighted by molar-refractivity contribution is 5.98. The van der Waals surface area contributed by atoms with Gasteiger partial charge in [0.2, 0.25) is 59.6 Å². The molecule has 0 saturated carbocycles. The number of carbonyl (C=O) groups excluding carboxylic acids is 10. The number of rotatable bonds is 33. The van der Waals surface area contributed by atoms with Crippen molar-refractivity contribution in [3.05, 3.63) is 0 Å². The second-order valence-corrected chi connectivity index (χ2v) is 18.0. The van der Waals surface area contributed by atoms with Crippen LogP contribution in [0.5, 0.6) is 0 Å². The van der Waals surface area contributed by atoms with Crippen LogP contribution in [0.25, 0.3) is 0 Å². The Labute approximate surface area is 411 Å². The monoisotopic (exact) mass is 995 g/mol. The van der Waals surface area contributed by atoms with Crippen LogP contribution in [0.15, 0.2) is 4.99 Å². The summed E-state index contributed by atoms with van der Waals surface area (Å²) in [4.78, 5) is 139. The number of unbranched alkanes of at least 4 members (excludes halogenated alkanes) is 1. The molecule has 70 heavy (non-hydrogen) atoms. The summed E-state index contributed by atoms with van der Waals surface area (Å²) in [7, 11) is 1.38. The number of hydrogen-bond acceptors (Lipinski definition) is 13. The molecular formula is C45H82N14O11. The minimum Gasteiger partial charge on any atom is -0.391 e. The Kier molecular flexibility index (Phi) is 28.9. The first-order valence-electron chi connectivity index (χ1n) is 24.3. The molecule has 1 saturated heterocycles. The van der Waals surface area contributed by atoms with Gasteiger partial charge in [-0.25, -0.2) is 0 Å². The topological polar surface area (TPSA) is 384 Å². The van der Waals surface area contributed by atoms with Gasteiger partial charge in [-0.15, -0.1) is 0 Å². The van der Waals surface area contributed by atoms with Gasteiger partial charge in [-0.05, 0) is 83.6 Å². The van der Waals surface area contributed by atoms with Gasteiger partial charge in [-0.1, -0.05) is 47.5 Å². The lowest BCUT2D eigenvalue weighted by Gasteiger charge is -2.31. The molecule has 1 heterocycles. The van der Waals surface area contributed by atoms with E-state index in [1.807, 2.05) is 0 Å². The van der Waals surface area contributed by atoms with Crippen LogP contribution < -0.4 is 59.7 Å². The van der Waals surface area contributed by atoms with E-state index in [0.29, 0.717) is 64.6 Å². The number of likely N-dealkylation sites (tertiary alicyclic amines) is 1. The molecule has 0 aromatic rings. The molecule has 1 aliphatic rings. The molecule has 1 aliphatic heterocycles. The molecule has 0 spiro atoms. The Hall–Kier alpha value is -6.11. The molecule has 1 rings (SSSR count). The van der Waals surface area contributed by atoms with E-state index in [2.05, 4.69) is 47.5 Å². The molecule has 398 valence electrons. The largest absolute Gasteiger partial charge is 0.391 e. The zero-order valence-corrected chi connectivity index (χ0v) is 42.3. The van der Waals surface area contributed by atoms with Crippen LogP contribution in [0.1, 0.15) is 113 Å². The fourth-order valence-corrected chi connectivity index (χ4v) is 7.53. The summed E-state index contributed by atoms with van der Waals surface area (Å²) in [6.07, 6.45) is 2.19. The molecule has 15 N–H and O–H groups in total. The molecule has 25 nitrogen and oxygen atoms in total. The zero-order chi connectivity index (χ0) is 53.1. The van der Waals surface area contributed by atoms with Crippen LogP contribution in [0, 0.1) is 11.8 Å². The number of hydrogen-bond donors (Lipinski definition) is 12. The first-order chi connectivity index (χ1) is 33.1. The summed E-state index contributed by atoms with van der Waals surface area (Å²) in [6, 6.07) is -8.38. The van der Waals surface area contributed by atoms with Crippen molar-refractivity contribution in [1.29, 1.82) is 0 Å². The number of aliphatic hydroxyl groups excluding tert-OH is 1. The van der Waals surface area contributed by atoms with Crippen LogP contribution in [0.4, 0.5) is 0 Å². The Morgan fingerprint density at radius 3 is 1.86 bits per heavy atom. The summed E-state index contributed by atoms with van der Waals surface area (Å²) in [5.74, 6) is -7.24. The molecule has 0 aliphatic carbocycles. The van der Waals surface area contributed by atoms with Crippen molar-refractivity contribution in [2.75, 3.05) is 46.3 Å². The Balaban J connectivity index is 3.33. The predicted molar refractivity (Wildman–Crippen MR) is 260 cm³/mol. The second kappa shape index (κ2) is 32.7. The molecule has 0 aromatic heterocycles. The molecule has 9 unspecified atom stereocenters. The smallest absolute Gasteiger partial charge is 0.245 e. The lowest BCUT2D eigenvalue weighted by atomic mass is 9.96. The van der Waals surface area contributed by atoms with Gasteiger partial charge in [-0.2, -0.15) is 0 Å². The lowest BCUT2D eigenvalue weighted by molar-refractivity contribution is -0.142. The quantitative estimate of drug-likeness (QED) is 0.0130. The Bertz CT molecular complexity index is 1780. The van der Waals surface area contributed by atoms with Crippen LogP contribution in [-0.2, 0) is 47.9 Å². The van der Waals surface area contributed by atoms with Crippen molar-refractivity contribution in [2.24, 2.45) is 34.0 Å². The summed E-state index contributed by atoms with van der Waals surface area (Å²) >= 11 is 0. The van der Waals surface area contributed by atoms with Crippen molar-refractivity contribution in [3.8, 4) is 0 Å². The van der Waals surface area contributed by atoms with Crippen LogP contribution in [0.3, 0.4) is 0 Å². The highest BCUT2D eigenvalue weighted by Crippen LogP contribution is 2.20. The van der Waals surface area contributed by atoms with Gasteiger partial charge < -0.3 is 74.6 Å². The first kappa shape index (κ1) is 61.9. The van der Waals surface area contributed by atoms with E-state index in [0.717, 1.165) is 4.90 Å².